The van der Waals surface area contributed by atoms with E-state index in [1.165, 1.54) is 6.92 Å². The second-order valence-corrected chi connectivity index (χ2v) is 11.9. The van der Waals surface area contributed by atoms with Gasteiger partial charge in [-0.25, -0.2) is 13.7 Å². The molecule has 0 aliphatic heterocycles. The molecule has 18 nitrogen and oxygen atoms in total. The predicted molar refractivity (Wildman–Crippen MR) is 125 cm³/mol. The van der Waals surface area contributed by atoms with Crippen LogP contribution in [0.3, 0.4) is 0 Å². The summed E-state index contributed by atoms with van der Waals surface area (Å²) < 4.78 is 65.0. The average Bonchev–Trinajstić information content (AvgIpc) is 2.73. The summed E-state index contributed by atoms with van der Waals surface area (Å²) in [4.78, 5) is 94.4. The van der Waals surface area contributed by atoms with E-state index >= 15 is 0 Å². The number of phosphoric acid groups is 3. The van der Waals surface area contributed by atoms with Crippen LogP contribution in [0.4, 0.5) is 0 Å². The van der Waals surface area contributed by atoms with Gasteiger partial charge in [0.05, 0.1) is 0 Å². The predicted octanol–water partition coefficient (Wildman–Crippen LogP) is 0.569. The van der Waals surface area contributed by atoms with Gasteiger partial charge in [0.15, 0.2) is 18.3 Å². The summed E-state index contributed by atoms with van der Waals surface area (Å²) in [5.74, 6) is -3.29. The molecule has 0 heterocycles. The Balaban J connectivity index is 3.94. The van der Waals surface area contributed by atoms with Crippen LogP contribution < -0.4 is 0 Å². The maximum atomic E-state index is 12.4. The number of esters is 3. The van der Waals surface area contributed by atoms with Crippen molar-refractivity contribution in [2.45, 2.75) is 95.9 Å². The topological polar surface area (TPSA) is 279 Å². The van der Waals surface area contributed by atoms with Gasteiger partial charge in [0.1, 0.15) is 18.3 Å². The molecule has 0 amide bonds. The van der Waals surface area contributed by atoms with Crippen LogP contribution in [0.5, 0.6) is 0 Å². The van der Waals surface area contributed by atoms with E-state index in [9.17, 15) is 57.4 Å². The summed E-state index contributed by atoms with van der Waals surface area (Å²) in [6.07, 6.45) is -14.5. The number of rotatable bonds is 15. The first-order chi connectivity index (χ1) is 17.8. The van der Waals surface area contributed by atoms with E-state index < -0.39 is 78.0 Å². The third-order valence-corrected chi connectivity index (χ3v) is 6.44. The molecule has 1 fully saturated rings. The lowest BCUT2D eigenvalue weighted by molar-refractivity contribution is -0.240. The smallest absolute Gasteiger partial charge is 0.456 e. The Morgan fingerprint density at radius 1 is 0.487 bits per heavy atom. The van der Waals surface area contributed by atoms with Crippen LogP contribution in [0.1, 0.15) is 59.3 Å². The summed E-state index contributed by atoms with van der Waals surface area (Å²) in [5.41, 5.74) is 0. The van der Waals surface area contributed by atoms with E-state index in [1.54, 1.807) is 13.8 Å². The van der Waals surface area contributed by atoms with Crippen molar-refractivity contribution in [1.29, 1.82) is 0 Å². The third-order valence-electron chi connectivity index (χ3n) is 4.88. The summed E-state index contributed by atoms with van der Waals surface area (Å²) in [5, 5.41) is 0. The highest BCUT2D eigenvalue weighted by Crippen LogP contribution is 2.51. The summed E-state index contributed by atoms with van der Waals surface area (Å²) in [6, 6.07) is 0. The monoisotopic (exact) mass is 630 g/mol. The lowest BCUT2D eigenvalue weighted by Gasteiger charge is -2.47. The van der Waals surface area contributed by atoms with Crippen LogP contribution in [0.2, 0.25) is 0 Å². The Morgan fingerprint density at radius 3 is 0.897 bits per heavy atom. The van der Waals surface area contributed by atoms with Gasteiger partial charge in [-0.15, -0.1) is 0 Å². The Hall–Kier alpha value is -1.26. The van der Waals surface area contributed by atoms with Gasteiger partial charge in [-0.05, 0) is 19.3 Å². The largest absolute Gasteiger partial charge is 0.470 e. The Labute approximate surface area is 223 Å². The second kappa shape index (κ2) is 15.1. The fraction of sp³-hybridized carbons (Fsp3) is 0.833. The SMILES string of the molecule is CCCC(=O)O[C@@H]1[C@H](OP(=O)(O)O)[C@@H](OC(=O)CCC)[C@H](OC(=O)CCC)[C@@H](OP(=O)(O)O)[C@@H]1OP(=O)(O)O. The van der Waals surface area contributed by atoms with Crippen LogP contribution in [-0.2, 0) is 55.9 Å². The number of phosphoric ester groups is 3. The molecule has 0 radical (unpaired) electrons. The molecule has 39 heavy (non-hydrogen) atoms. The molecule has 228 valence electrons. The minimum atomic E-state index is -5.66. The van der Waals surface area contributed by atoms with Gasteiger partial charge < -0.3 is 43.6 Å². The molecule has 21 heteroatoms. The molecule has 1 rings (SSSR count). The van der Waals surface area contributed by atoms with Crippen molar-refractivity contribution < 1.29 is 85.2 Å². The van der Waals surface area contributed by atoms with Crippen molar-refractivity contribution >= 4 is 41.4 Å². The first-order valence-corrected chi connectivity index (χ1v) is 16.2. The highest BCUT2D eigenvalue weighted by atomic mass is 31.2. The van der Waals surface area contributed by atoms with Gasteiger partial charge in [-0.3, -0.25) is 28.0 Å². The normalized spacial score (nSPS) is 26.1. The molecule has 0 unspecified atom stereocenters. The van der Waals surface area contributed by atoms with Gasteiger partial charge >= 0.3 is 41.4 Å². The van der Waals surface area contributed by atoms with Crippen LogP contribution in [0.15, 0.2) is 0 Å². The van der Waals surface area contributed by atoms with Gasteiger partial charge in [-0.2, -0.15) is 0 Å². The first kappa shape index (κ1) is 35.8. The van der Waals surface area contributed by atoms with Crippen molar-refractivity contribution in [2.75, 3.05) is 0 Å². The summed E-state index contributed by atoms with van der Waals surface area (Å²) in [6.45, 7) is 4.64. The van der Waals surface area contributed by atoms with Gasteiger partial charge in [0, 0.05) is 19.3 Å². The van der Waals surface area contributed by atoms with Crippen molar-refractivity contribution in [1.82, 2.24) is 0 Å². The average molecular weight is 630 g/mol. The quantitative estimate of drug-likeness (QED) is 0.0819. The molecular formula is C18H33O18P3. The summed E-state index contributed by atoms with van der Waals surface area (Å²) >= 11 is 0. The van der Waals surface area contributed by atoms with Crippen LogP contribution in [-0.4, -0.2) is 83.9 Å². The molecule has 6 atom stereocenters. The zero-order chi connectivity index (χ0) is 30.2. The molecule has 6 N–H and O–H groups in total. The minimum Gasteiger partial charge on any atom is -0.456 e. The van der Waals surface area contributed by atoms with E-state index in [0.29, 0.717) is 0 Å². The maximum absolute atomic E-state index is 12.4. The highest BCUT2D eigenvalue weighted by molar-refractivity contribution is 7.46. The zero-order valence-electron chi connectivity index (χ0n) is 21.1. The lowest BCUT2D eigenvalue weighted by atomic mass is 9.84. The second-order valence-electron chi connectivity index (χ2n) is 8.30. The third kappa shape index (κ3) is 12.9. The van der Waals surface area contributed by atoms with E-state index in [1.807, 2.05) is 0 Å². The molecule has 0 aromatic heterocycles. The molecule has 0 aromatic carbocycles. The molecule has 1 saturated carbocycles. The Kier molecular flexibility index (Phi) is 13.9. The van der Waals surface area contributed by atoms with Crippen LogP contribution in [0, 0.1) is 0 Å². The number of hydrogen-bond acceptors (Lipinski definition) is 12. The summed E-state index contributed by atoms with van der Waals surface area (Å²) in [7, 11) is -16.9. The van der Waals surface area contributed by atoms with Gasteiger partial charge in [0.2, 0.25) is 0 Å². The number of carbonyl (C=O) groups excluding carboxylic acids is 3. The molecule has 1 aliphatic rings. The number of carbonyl (C=O) groups is 3. The van der Waals surface area contributed by atoms with Crippen molar-refractivity contribution in [2.24, 2.45) is 0 Å². The molecular weight excluding hydrogens is 597 g/mol. The highest BCUT2D eigenvalue weighted by Gasteiger charge is 2.62. The van der Waals surface area contributed by atoms with Crippen LogP contribution in [0.25, 0.3) is 0 Å². The van der Waals surface area contributed by atoms with Gasteiger partial charge in [0.25, 0.3) is 0 Å². The molecule has 1 aliphatic carbocycles. The van der Waals surface area contributed by atoms with E-state index in [-0.39, 0.29) is 38.5 Å². The fourth-order valence-corrected chi connectivity index (χ4v) is 5.28. The van der Waals surface area contributed by atoms with Crippen molar-refractivity contribution in [3.05, 3.63) is 0 Å². The number of hydrogen-bond donors (Lipinski definition) is 6. The van der Waals surface area contributed by atoms with E-state index in [0.717, 1.165) is 0 Å². The molecule has 0 aromatic rings. The van der Waals surface area contributed by atoms with E-state index in [2.05, 4.69) is 9.05 Å². The molecule has 0 bridgehead atoms. The van der Waals surface area contributed by atoms with Gasteiger partial charge in [-0.1, -0.05) is 20.8 Å². The number of ether oxygens (including phenoxy) is 3. The van der Waals surface area contributed by atoms with Crippen molar-refractivity contribution in [3.63, 3.8) is 0 Å². The van der Waals surface area contributed by atoms with E-state index in [4.69, 9.17) is 18.7 Å². The lowest BCUT2D eigenvalue weighted by Crippen LogP contribution is -2.67. The van der Waals surface area contributed by atoms with Crippen LogP contribution >= 0.6 is 23.5 Å². The molecule has 0 spiro atoms. The minimum absolute atomic E-state index is 0.161. The maximum Gasteiger partial charge on any atom is 0.470 e. The Morgan fingerprint density at radius 2 is 0.692 bits per heavy atom. The zero-order valence-corrected chi connectivity index (χ0v) is 23.8. The van der Waals surface area contributed by atoms with Crippen molar-refractivity contribution in [3.8, 4) is 0 Å². The fourth-order valence-electron chi connectivity index (χ4n) is 3.60. The molecule has 0 saturated heterocycles. The standard InChI is InChI=1S/C18H33O18P3/c1-4-7-10(19)31-13-14(32-11(20)8-5-2)17(35-38(25,26)27)18(36-39(28,29)30)15(33-12(21)9-6-3)16(13)34-37(22,23)24/h13-18H,4-9H2,1-3H3,(H2,22,23,24)(H2,25,26,27)(H2,28,29,30)/t13-,14-,15+,16+,17+,18+/m0/s1. The first-order valence-electron chi connectivity index (χ1n) is 11.6. The Bertz CT molecular complexity index is 984.